The maximum atomic E-state index is 11.9. The minimum Gasteiger partial charge on any atom is -0.325 e. The van der Waals surface area contributed by atoms with E-state index in [4.69, 9.17) is 11.6 Å². The number of nitro benzene ring substituents is 1. The lowest BCUT2D eigenvalue weighted by molar-refractivity contribution is -0.384. The molecule has 0 fully saturated rings. The van der Waals surface area contributed by atoms with Gasteiger partial charge in [-0.25, -0.2) is 0 Å². The summed E-state index contributed by atoms with van der Waals surface area (Å²) < 4.78 is 0. The van der Waals surface area contributed by atoms with E-state index < -0.39 is 4.92 Å². The largest absolute Gasteiger partial charge is 0.325 e. The predicted molar refractivity (Wildman–Crippen MR) is 98.6 cm³/mol. The molecule has 1 amide bonds. The van der Waals surface area contributed by atoms with Crippen LogP contribution in [0.25, 0.3) is 0 Å². The number of hydrogen-bond donors (Lipinski definition) is 1. The van der Waals surface area contributed by atoms with Crippen LogP contribution < -0.4 is 5.32 Å². The Morgan fingerprint density at radius 2 is 1.67 bits per heavy atom. The van der Waals surface area contributed by atoms with Crippen molar-refractivity contribution in [2.75, 3.05) is 5.32 Å². The molecular weight excluding hydrogens is 328 g/mol. The summed E-state index contributed by atoms with van der Waals surface area (Å²) >= 11 is 5.95. The zero-order chi connectivity index (χ0) is 17.8. The normalized spacial score (nSPS) is 10.6. The molecule has 0 saturated heterocycles. The van der Waals surface area contributed by atoms with Gasteiger partial charge in [0.1, 0.15) is 0 Å². The lowest BCUT2D eigenvalue weighted by Crippen LogP contribution is -2.11. The van der Waals surface area contributed by atoms with Crippen LogP contribution in [-0.2, 0) is 4.79 Å². The molecule has 0 radical (unpaired) electrons. The van der Waals surface area contributed by atoms with Crippen LogP contribution in [0, 0.1) is 10.1 Å². The van der Waals surface area contributed by atoms with Gasteiger partial charge in [-0.05, 0) is 12.5 Å². The van der Waals surface area contributed by atoms with Crippen molar-refractivity contribution in [2.45, 2.75) is 71.1 Å². The fraction of sp³-hybridized carbons (Fsp3) is 0.611. The highest BCUT2D eigenvalue weighted by Crippen LogP contribution is 2.26. The molecule has 0 aliphatic carbocycles. The summed E-state index contributed by atoms with van der Waals surface area (Å²) in [6.45, 7) is 2.22. The van der Waals surface area contributed by atoms with Crippen molar-refractivity contribution in [1.29, 1.82) is 0 Å². The minimum absolute atomic E-state index is 0.0862. The Labute approximate surface area is 148 Å². The SMILES string of the molecule is CCCCCCCCCCCC(=O)Nc1ccc([N+](=O)[O-])cc1Cl. The smallest absolute Gasteiger partial charge is 0.271 e. The quantitative estimate of drug-likeness (QED) is 0.279. The number of hydrogen-bond acceptors (Lipinski definition) is 3. The second-order valence-electron chi connectivity index (χ2n) is 6.05. The molecular formula is C18H27ClN2O3. The number of carbonyl (C=O) groups is 1. The number of carbonyl (C=O) groups excluding carboxylic acids is 1. The monoisotopic (exact) mass is 354 g/mol. The number of nitrogens with one attached hydrogen (secondary N) is 1. The van der Waals surface area contributed by atoms with Crippen LogP contribution in [0.2, 0.25) is 5.02 Å². The molecule has 0 atom stereocenters. The molecule has 0 saturated carbocycles. The number of halogens is 1. The molecule has 0 unspecified atom stereocenters. The Kier molecular flexibility index (Phi) is 10.1. The Morgan fingerprint density at radius 3 is 2.21 bits per heavy atom. The summed E-state index contributed by atoms with van der Waals surface area (Å²) in [6, 6.07) is 4.05. The summed E-state index contributed by atoms with van der Waals surface area (Å²) in [7, 11) is 0. The molecule has 1 aromatic rings. The van der Waals surface area contributed by atoms with E-state index in [0.29, 0.717) is 12.1 Å². The van der Waals surface area contributed by atoms with E-state index in [-0.39, 0.29) is 16.6 Å². The van der Waals surface area contributed by atoms with Crippen molar-refractivity contribution in [1.82, 2.24) is 0 Å². The Morgan fingerprint density at radius 1 is 1.08 bits per heavy atom. The number of nitrogens with zero attached hydrogens (tertiary/aromatic N) is 1. The summed E-state index contributed by atoms with van der Waals surface area (Å²) in [4.78, 5) is 22.0. The van der Waals surface area contributed by atoms with Crippen LogP contribution in [0.4, 0.5) is 11.4 Å². The lowest BCUT2D eigenvalue weighted by atomic mass is 10.1. The standard InChI is InChI=1S/C18H27ClN2O3/c1-2-3-4-5-6-7-8-9-10-11-18(22)20-17-13-12-15(21(23)24)14-16(17)19/h12-14H,2-11H2,1H3,(H,20,22). The first kappa shape index (κ1) is 20.4. The number of nitro groups is 1. The summed E-state index contributed by atoms with van der Waals surface area (Å²) in [6.07, 6.45) is 11.3. The molecule has 6 heteroatoms. The second kappa shape index (κ2) is 11.8. The van der Waals surface area contributed by atoms with Crippen LogP contribution in [0.1, 0.15) is 71.1 Å². The van der Waals surface area contributed by atoms with Gasteiger partial charge in [-0.2, -0.15) is 0 Å². The molecule has 1 aromatic carbocycles. The van der Waals surface area contributed by atoms with Gasteiger partial charge in [0.25, 0.3) is 5.69 Å². The fourth-order valence-electron chi connectivity index (χ4n) is 2.53. The first-order valence-corrected chi connectivity index (χ1v) is 9.16. The van der Waals surface area contributed by atoms with Crippen LogP contribution >= 0.6 is 11.6 Å². The van der Waals surface area contributed by atoms with Gasteiger partial charge in [0, 0.05) is 18.6 Å². The van der Waals surface area contributed by atoms with Crippen molar-refractivity contribution in [3.05, 3.63) is 33.3 Å². The first-order chi connectivity index (χ1) is 11.5. The van der Waals surface area contributed by atoms with E-state index >= 15 is 0 Å². The molecule has 1 N–H and O–H groups in total. The van der Waals surface area contributed by atoms with Gasteiger partial charge < -0.3 is 5.32 Å². The van der Waals surface area contributed by atoms with E-state index in [1.807, 2.05) is 0 Å². The van der Waals surface area contributed by atoms with Gasteiger partial charge in [0.05, 0.1) is 15.6 Å². The Bertz CT molecular complexity index is 535. The van der Waals surface area contributed by atoms with E-state index in [1.54, 1.807) is 0 Å². The zero-order valence-corrected chi connectivity index (χ0v) is 15.1. The fourth-order valence-corrected chi connectivity index (χ4v) is 2.75. The molecule has 5 nitrogen and oxygen atoms in total. The van der Waals surface area contributed by atoms with Crippen molar-refractivity contribution < 1.29 is 9.72 Å². The third-order valence-corrected chi connectivity index (χ3v) is 4.26. The van der Waals surface area contributed by atoms with Gasteiger partial charge in [0.15, 0.2) is 0 Å². The topological polar surface area (TPSA) is 72.2 Å². The second-order valence-corrected chi connectivity index (χ2v) is 6.46. The third-order valence-electron chi connectivity index (χ3n) is 3.94. The molecule has 0 heterocycles. The molecule has 1 rings (SSSR count). The maximum absolute atomic E-state index is 11.9. The van der Waals surface area contributed by atoms with Crippen LogP contribution in [-0.4, -0.2) is 10.8 Å². The van der Waals surface area contributed by atoms with Gasteiger partial charge in [-0.1, -0.05) is 69.9 Å². The minimum atomic E-state index is -0.514. The number of amides is 1. The van der Waals surface area contributed by atoms with Gasteiger partial charge in [-0.15, -0.1) is 0 Å². The average Bonchev–Trinajstić information content (AvgIpc) is 2.55. The predicted octanol–water partition coefficient (Wildman–Crippen LogP) is 6.11. The Balaban J connectivity index is 2.17. The molecule has 24 heavy (non-hydrogen) atoms. The van der Waals surface area contributed by atoms with E-state index in [9.17, 15) is 14.9 Å². The molecule has 0 bridgehead atoms. The number of unbranched alkanes of at least 4 members (excludes halogenated alkanes) is 8. The summed E-state index contributed by atoms with van der Waals surface area (Å²) in [5.74, 6) is -0.103. The number of rotatable bonds is 12. The molecule has 0 aromatic heterocycles. The highest BCUT2D eigenvalue weighted by atomic mass is 35.5. The van der Waals surface area contributed by atoms with Gasteiger partial charge >= 0.3 is 0 Å². The number of non-ortho nitro benzene ring substituents is 1. The third kappa shape index (κ3) is 8.29. The van der Waals surface area contributed by atoms with E-state index in [1.165, 1.54) is 56.7 Å². The zero-order valence-electron chi connectivity index (χ0n) is 14.4. The first-order valence-electron chi connectivity index (χ1n) is 8.78. The Hall–Kier alpha value is -1.62. The van der Waals surface area contributed by atoms with Crippen LogP contribution in [0.15, 0.2) is 18.2 Å². The summed E-state index contributed by atoms with van der Waals surface area (Å²) in [5, 5.41) is 13.5. The maximum Gasteiger partial charge on any atom is 0.271 e. The average molecular weight is 355 g/mol. The highest BCUT2D eigenvalue weighted by molar-refractivity contribution is 6.33. The number of benzene rings is 1. The molecule has 0 aliphatic rings. The molecule has 0 spiro atoms. The highest BCUT2D eigenvalue weighted by Gasteiger charge is 2.11. The van der Waals surface area contributed by atoms with E-state index in [2.05, 4.69) is 12.2 Å². The van der Waals surface area contributed by atoms with E-state index in [0.717, 1.165) is 19.3 Å². The van der Waals surface area contributed by atoms with Crippen molar-refractivity contribution >= 4 is 28.9 Å². The van der Waals surface area contributed by atoms with Gasteiger partial charge in [0.2, 0.25) is 5.91 Å². The van der Waals surface area contributed by atoms with Crippen LogP contribution in [0.3, 0.4) is 0 Å². The van der Waals surface area contributed by atoms with Crippen molar-refractivity contribution in [3.8, 4) is 0 Å². The van der Waals surface area contributed by atoms with Crippen molar-refractivity contribution in [2.24, 2.45) is 0 Å². The lowest BCUT2D eigenvalue weighted by Gasteiger charge is -2.07. The molecule has 0 aliphatic heterocycles. The number of anilines is 1. The van der Waals surface area contributed by atoms with Gasteiger partial charge in [-0.3, -0.25) is 14.9 Å². The van der Waals surface area contributed by atoms with Crippen LogP contribution in [0.5, 0.6) is 0 Å². The summed E-state index contributed by atoms with van der Waals surface area (Å²) in [5.41, 5.74) is 0.333. The molecule has 134 valence electrons. The van der Waals surface area contributed by atoms with Crippen molar-refractivity contribution in [3.63, 3.8) is 0 Å².